The van der Waals surface area contributed by atoms with Crippen LogP contribution in [0.2, 0.25) is 0 Å². The predicted octanol–water partition coefficient (Wildman–Crippen LogP) is 3.76. The Morgan fingerprint density at radius 2 is 1.76 bits per heavy atom. The minimum atomic E-state index is -0.339. The highest BCUT2D eigenvalue weighted by atomic mass is 19.1. The van der Waals surface area contributed by atoms with Gasteiger partial charge in [-0.25, -0.2) is 4.39 Å². The summed E-state index contributed by atoms with van der Waals surface area (Å²) < 4.78 is 13.1. The Kier molecular flexibility index (Phi) is 4.26. The third-order valence-corrected chi connectivity index (χ3v) is 3.38. The van der Waals surface area contributed by atoms with Gasteiger partial charge in [-0.05, 0) is 55.3 Å². The lowest BCUT2D eigenvalue weighted by molar-refractivity contribution is 0.102. The minimum absolute atomic E-state index is 0.235. The van der Waals surface area contributed by atoms with Gasteiger partial charge in [0, 0.05) is 31.0 Å². The van der Waals surface area contributed by atoms with E-state index in [1.54, 1.807) is 6.92 Å². The van der Waals surface area contributed by atoms with Gasteiger partial charge in [-0.3, -0.25) is 4.79 Å². The molecule has 1 amide bonds. The van der Waals surface area contributed by atoms with Crippen molar-refractivity contribution in [2.45, 2.75) is 13.8 Å². The van der Waals surface area contributed by atoms with Crippen molar-refractivity contribution >= 4 is 17.3 Å². The summed E-state index contributed by atoms with van der Waals surface area (Å²) in [5.41, 5.74) is 3.99. The molecule has 2 aromatic carbocycles. The Bertz CT molecular complexity index is 680. The van der Waals surface area contributed by atoms with Crippen LogP contribution in [0.1, 0.15) is 21.5 Å². The smallest absolute Gasteiger partial charge is 0.255 e. The lowest BCUT2D eigenvalue weighted by Crippen LogP contribution is -2.15. The highest BCUT2D eigenvalue weighted by molar-refractivity contribution is 6.05. The first-order valence-corrected chi connectivity index (χ1v) is 6.74. The van der Waals surface area contributed by atoms with E-state index in [2.05, 4.69) is 5.32 Å². The fourth-order valence-electron chi connectivity index (χ4n) is 2.25. The lowest BCUT2D eigenvalue weighted by atomic mass is 10.1. The van der Waals surface area contributed by atoms with E-state index in [4.69, 9.17) is 0 Å². The zero-order valence-corrected chi connectivity index (χ0v) is 12.7. The highest BCUT2D eigenvalue weighted by Crippen LogP contribution is 2.23. The number of rotatable bonds is 3. The molecule has 0 heterocycles. The first-order chi connectivity index (χ1) is 9.88. The van der Waals surface area contributed by atoms with Gasteiger partial charge in [-0.1, -0.05) is 6.07 Å². The maximum atomic E-state index is 13.1. The number of carbonyl (C=O) groups excluding carboxylic acids is 1. The van der Waals surface area contributed by atoms with E-state index in [-0.39, 0.29) is 11.7 Å². The van der Waals surface area contributed by atoms with Crippen molar-refractivity contribution in [1.29, 1.82) is 0 Å². The Morgan fingerprint density at radius 3 is 2.38 bits per heavy atom. The topological polar surface area (TPSA) is 32.3 Å². The summed E-state index contributed by atoms with van der Waals surface area (Å²) in [5.74, 6) is -0.574. The molecule has 0 aromatic heterocycles. The second-order valence-corrected chi connectivity index (χ2v) is 5.31. The van der Waals surface area contributed by atoms with Crippen LogP contribution in [0.3, 0.4) is 0 Å². The van der Waals surface area contributed by atoms with Crippen LogP contribution in [0, 0.1) is 19.7 Å². The van der Waals surface area contributed by atoms with Crippen LogP contribution in [-0.2, 0) is 0 Å². The Morgan fingerprint density at radius 1 is 1.05 bits per heavy atom. The standard InChI is InChI=1S/C17H19FN2O/c1-11-5-7-14(10-16(11)20(3)4)19-17(21)15-8-6-13(18)9-12(15)2/h5-10H,1-4H3,(H,19,21). The van der Waals surface area contributed by atoms with Crippen LogP contribution in [0.5, 0.6) is 0 Å². The average Bonchev–Trinajstić information content (AvgIpc) is 2.40. The number of hydrogen-bond acceptors (Lipinski definition) is 2. The van der Waals surface area contributed by atoms with E-state index < -0.39 is 0 Å². The van der Waals surface area contributed by atoms with Gasteiger partial charge in [0.05, 0.1) is 0 Å². The van der Waals surface area contributed by atoms with Crippen molar-refractivity contribution in [3.05, 3.63) is 58.9 Å². The number of halogens is 1. The molecule has 0 radical (unpaired) electrons. The van der Waals surface area contributed by atoms with E-state index >= 15 is 0 Å². The second kappa shape index (κ2) is 5.95. The van der Waals surface area contributed by atoms with Crippen LogP contribution in [0.25, 0.3) is 0 Å². The van der Waals surface area contributed by atoms with Crippen molar-refractivity contribution in [1.82, 2.24) is 0 Å². The Balaban J connectivity index is 2.25. The quantitative estimate of drug-likeness (QED) is 0.931. The first kappa shape index (κ1) is 15.0. The molecular formula is C17H19FN2O. The SMILES string of the molecule is Cc1cc(F)ccc1C(=O)Nc1ccc(C)c(N(C)C)c1. The van der Waals surface area contributed by atoms with E-state index in [0.29, 0.717) is 11.1 Å². The van der Waals surface area contributed by atoms with Gasteiger partial charge in [0.1, 0.15) is 5.82 Å². The third kappa shape index (κ3) is 3.40. The number of amides is 1. The monoisotopic (exact) mass is 286 g/mol. The van der Waals surface area contributed by atoms with Crippen molar-refractivity contribution in [3.63, 3.8) is 0 Å². The minimum Gasteiger partial charge on any atom is -0.377 e. The Hall–Kier alpha value is -2.36. The number of nitrogens with one attached hydrogen (secondary N) is 1. The molecule has 0 atom stereocenters. The summed E-state index contributed by atoms with van der Waals surface area (Å²) in [7, 11) is 3.91. The first-order valence-electron chi connectivity index (χ1n) is 6.74. The summed E-state index contributed by atoms with van der Waals surface area (Å²) in [6.45, 7) is 3.74. The van der Waals surface area contributed by atoms with Crippen LogP contribution in [-0.4, -0.2) is 20.0 Å². The van der Waals surface area contributed by atoms with Crippen LogP contribution < -0.4 is 10.2 Å². The number of hydrogen-bond donors (Lipinski definition) is 1. The van der Waals surface area contributed by atoms with Gasteiger partial charge in [-0.2, -0.15) is 0 Å². The van der Waals surface area contributed by atoms with Crippen molar-refractivity contribution in [3.8, 4) is 0 Å². The van der Waals surface area contributed by atoms with Crippen molar-refractivity contribution in [2.75, 3.05) is 24.3 Å². The molecule has 110 valence electrons. The molecule has 0 aliphatic heterocycles. The summed E-state index contributed by atoms with van der Waals surface area (Å²) in [5, 5.41) is 2.85. The fraction of sp³-hybridized carbons (Fsp3) is 0.235. The second-order valence-electron chi connectivity index (χ2n) is 5.31. The van der Waals surface area contributed by atoms with Crippen LogP contribution >= 0.6 is 0 Å². The van der Waals surface area contributed by atoms with Gasteiger partial charge in [0.2, 0.25) is 0 Å². The number of anilines is 2. The molecule has 1 N–H and O–H groups in total. The van der Waals surface area contributed by atoms with Gasteiger partial charge in [-0.15, -0.1) is 0 Å². The molecule has 0 bridgehead atoms. The van der Waals surface area contributed by atoms with E-state index in [0.717, 1.165) is 16.9 Å². The largest absolute Gasteiger partial charge is 0.377 e. The van der Waals surface area contributed by atoms with Crippen LogP contribution in [0.4, 0.5) is 15.8 Å². The number of benzene rings is 2. The normalized spacial score (nSPS) is 10.3. The predicted molar refractivity (Wildman–Crippen MR) is 84.6 cm³/mol. The number of aryl methyl sites for hydroxylation is 2. The molecule has 2 rings (SSSR count). The zero-order valence-electron chi connectivity index (χ0n) is 12.7. The van der Waals surface area contributed by atoms with E-state index in [9.17, 15) is 9.18 Å². The molecule has 3 nitrogen and oxygen atoms in total. The summed E-state index contributed by atoms with van der Waals surface area (Å²) in [6.07, 6.45) is 0. The lowest BCUT2D eigenvalue weighted by Gasteiger charge is -2.17. The van der Waals surface area contributed by atoms with Crippen molar-refractivity contribution in [2.24, 2.45) is 0 Å². The molecular weight excluding hydrogens is 267 g/mol. The summed E-state index contributed by atoms with van der Waals surface area (Å²) in [4.78, 5) is 14.3. The zero-order chi connectivity index (χ0) is 15.6. The number of carbonyl (C=O) groups is 1. The summed E-state index contributed by atoms with van der Waals surface area (Å²) >= 11 is 0. The van der Waals surface area contributed by atoms with E-state index in [1.807, 2.05) is 44.1 Å². The maximum absolute atomic E-state index is 13.1. The Labute approximate surface area is 124 Å². The molecule has 0 aliphatic rings. The molecule has 0 saturated carbocycles. The third-order valence-electron chi connectivity index (χ3n) is 3.38. The molecule has 0 fully saturated rings. The van der Waals surface area contributed by atoms with Crippen LogP contribution in [0.15, 0.2) is 36.4 Å². The molecule has 0 aliphatic carbocycles. The summed E-state index contributed by atoms with van der Waals surface area (Å²) in [6, 6.07) is 9.90. The van der Waals surface area contributed by atoms with E-state index in [1.165, 1.54) is 18.2 Å². The number of nitrogens with zero attached hydrogens (tertiary/aromatic N) is 1. The highest BCUT2D eigenvalue weighted by Gasteiger charge is 2.11. The molecule has 21 heavy (non-hydrogen) atoms. The molecule has 0 unspecified atom stereocenters. The van der Waals surface area contributed by atoms with Gasteiger partial charge in [0.25, 0.3) is 5.91 Å². The van der Waals surface area contributed by atoms with Crippen molar-refractivity contribution < 1.29 is 9.18 Å². The van der Waals surface area contributed by atoms with Gasteiger partial charge in [0.15, 0.2) is 0 Å². The molecule has 0 saturated heterocycles. The fourth-order valence-corrected chi connectivity index (χ4v) is 2.25. The molecule has 0 spiro atoms. The molecule has 4 heteroatoms. The molecule has 2 aromatic rings. The maximum Gasteiger partial charge on any atom is 0.255 e. The van der Waals surface area contributed by atoms with Gasteiger partial charge < -0.3 is 10.2 Å². The van der Waals surface area contributed by atoms with Gasteiger partial charge >= 0.3 is 0 Å². The average molecular weight is 286 g/mol.